The van der Waals surface area contributed by atoms with Crippen molar-refractivity contribution < 1.29 is 9.90 Å². The maximum Gasteiger partial charge on any atom is 0.308 e. The van der Waals surface area contributed by atoms with Crippen LogP contribution in [-0.2, 0) is 4.79 Å². The number of carboxylic acid groups (broad SMARTS) is 1. The number of fused-ring (bicyclic) bond motifs is 1. The van der Waals surface area contributed by atoms with Crippen LogP contribution >= 0.6 is 0 Å². The van der Waals surface area contributed by atoms with Crippen LogP contribution in [0.25, 0.3) is 11.0 Å². The van der Waals surface area contributed by atoms with Crippen LogP contribution in [0.15, 0.2) is 30.6 Å². The van der Waals surface area contributed by atoms with Gasteiger partial charge in [-0.15, -0.1) is 0 Å². The predicted molar refractivity (Wildman–Crippen MR) is 76.7 cm³/mol. The maximum atomic E-state index is 11.3. The van der Waals surface area contributed by atoms with Crippen LogP contribution in [-0.4, -0.2) is 34.1 Å². The van der Waals surface area contributed by atoms with Crippen molar-refractivity contribution in [1.82, 2.24) is 9.97 Å². The molecule has 1 N–H and O–H groups in total. The molecule has 3 rings (SSSR count). The van der Waals surface area contributed by atoms with Crippen LogP contribution in [0.2, 0.25) is 0 Å². The van der Waals surface area contributed by atoms with Gasteiger partial charge in [-0.25, -0.2) is 0 Å². The van der Waals surface area contributed by atoms with Crippen LogP contribution in [0.4, 0.5) is 5.69 Å². The summed E-state index contributed by atoms with van der Waals surface area (Å²) in [5, 5.41) is 9.28. The second-order valence-electron chi connectivity index (χ2n) is 5.48. The molecule has 0 amide bonds. The van der Waals surface area contributed by atoms with E-state index in [2.05, 4.69) is 21.8 Å². The number of aromatic nitrogens is 2. The Bertz CT molecular complexity index is 639. The van der Waals surface area contributed by atoms with Crippen molar-refractivity contribution in [2.75, 3.05) is 18.0 Å². The van der Waals surface area contributed by atoms with Crippen LogP contribution in [0.1, 0.15) is 13.3 Å². The van der Waals surface area contributed by atoms with E-state index in [0.29, 0.717) is 12.5 Å². The molecule has 2 aromatic heterocycles. The second kappa shape index (κ2) is 5.07. The van der Waals surface area contributed by atoms with E-state index in [9.17, 15) is 9.90 Å². The number of pyridine rings is 2. The zero-order valence-corrected chi connectivity index (χ0v) is 11.4. The molecule has 2 unspecified atom stereocenters. The molecule has 1 fully saturated rings. The predicted octanol–water partition coefficient (Wildman–Crippen LogP) is 2.18. The Morgan fingerprint density at radius 3 is 2.95 bits per heavy atom. The van der Waals surface area contributed by atoms with Gasteiger partial charge in [0.25, 0.3) is 0 Å². The molecule has 5 nitrogen and oxygen atoms in total. The Morgan fingerprint density at radius 1 is 1.30 bits per heavy atom. The van der Waals surface area contributed by atoms with Gasteiger partial charge in [-0.2, -0.15) is 0 Å². The van der Waals surface area contributed by atoms with E-state index in [0.717, 1.165) is 29.7 Å². The van der Waals surface area contributed by atoms with Crippen molar-refractivity contribution in [1.29, 1.82) is 0 Å². The molecule has 0 bridgehead atoms. The lowest BCUT2D eigenvalue weighted by Crippen LogP contribution is -2.42. The fraction of sp³-hybridized carbons (Fsp3) is 0.400. The van der Waals surface area contributed by atoms with E-state index in [1.807, 2.05) is 18.2 Å². The van der Waals surface area contributed by atoms with E-state index >= 15 is 0 Å². The molecule has 0 saturated carbocycles. The number of piperidine rings is 1. The molecular weight excluding hydrogens is 254 g/mol. The van der Waals surface area contributed by atoms with Gasteiger partial charge >= 0.3 is 5.97 Å². The Kier molecular flexibility index (Phi) is 3.26. The van der Waals surface area contributed by atoms with E-state index in [4.69, 9.17) is 0 Å². The SMILES string of the molecule is CC1CC(C(=O)O)CN(c2ccnc3cccnc23)C1. The molecule has 104 valence electrons. The molecule has 0 aliphatic carbocycles. The molecule has 20 heavy (non-hydrogen) atoms. The van der Waals surface area contributed by atoms with E-state index < -0.39 is 5.97 Å². The summed E-state index contributed by atoms with van der Waals surface area (Å²) in [7, 11) is 0. The Hall–Kier alpha value is -2.17. The minimum absolute atomic E-state index is 0.314. The minimum Gasteiger partial charge on any atom is -0.481 e. The number of rotatable bonds is 2. The third-order valence-electron chi connectivity index (χ3n) is 3.82. The fourth-order valence-electron chi connectivity index (χ4n) is 2.95. The minimum atomic E-state index is -0.715. The van der Waals surface area contributed by atoms with Crippen LogP contribution in [0.5, 0.6) is 0 Å². The van der Waals surface area contributed by atoms with Crippen molar-refractivity contribution >= 4 is 22.7 Å². The van der Waals surface area contributed by atoms with Crippen molar-refractivity contribution in [2.24, 2.45) is 11.8 Å². The van der Waals surface area contributed by atoms with Gasteiger partial charge in [0.05, 0.1) is 17.1 Å². The van der Waals surface area contributed by atoms with Crippen LogP contribution in [0.3, 0.4) is 0 Å². The molecule has 3 heterocycles. The lowest BCUT2D eigenvalue weighted by atomic mass is 9.90. The molecule has 5 heteroatoms. The number of carboxylic acids is 1. The summed E-state index contributed by atoms with van der Waals surface area (Å²) in [4.78, 5) is 22.1. The first-order valence-corrected chi connectivity index (χ1v) is 6.82. The molecule has 0 spiro atoms. The van der Waals surface area contributed by atoms with Gasteiger partial charge in [-0.05, 0) is 30.5 Å². The van der Waals surface area contributed by atoms with Gasteiger partial charge in [0, 0.05) is 25.5 Å². The number of anilines is 1. The van der Waals surface area contributed by atoms with Crippen LogP contribution in [0, 0.1) is 11.8 Å². The normalized spacial score (nSPS) is 22.9. The molecule has 0 radical (unpaired) electrons. The number of hydrogen-bond donors (Lipinski definition) is 1. The molecule has 2 atom stereocenters. The van der Waals surface area contributed by atoms with Gasteiger partial charge in [0.15, 0.2) is 0 Å². The van der Waals surface area contributed by atoms with Gasteiger partial charge in [-0.1, -0.05) is 6.92 Å². The quantitative estimate of drug-likeness (QED) is 0.906. The topological polar surface area (TPSA) is 66.3 Å². The lowest BCUT2D eigenvalue weighted by molar-refractivity contribution is -0.142. The zero-order valence-electron chi connectivity index (χ0n) is 11.4. The molecule has 1 saturated heterocycles. The highest BCUT2D eigenvalue weighted by molar-refractivity contribution is 5.88. The third-order valence-corrected chi connectivity index (χ3v) is 3.82. The molecule has 1 aliphatic rings. The lowest BCUT2D eigenvalue weighted by Gasteiger charge is -2.36. The Labute approximate surface area is 117 Å². The summed E-state index contributed by atoms with van der Waals surface area (Å²) in [5.41, 5.74) is 2.66. The summed E-state index contributed by atoms with van der Waals surface area (Å²) in [6.45, 7) is 3.49. The Morgan fingerprint density at radius 2 is 2.15 bits per heavy atom. The van der Waals surface area contributed by atoms with Crippen molar-refractivity contribution in [3.63, 3.8) is 0 Å². The smallest absolute Gasteiger partial charge is 0.308 e. The highest BCUT2D eigenvalue weighted by Gasteiger charge is 2.30. The average molecular weight is 271 g/mol. The number of carbonyl (C=O) groups is 1. The zero-order chi connectivity index (χ0) is 14.1. The van der Waals surface area contributed by atoms with Gasteiger partial charge < -0.3 is 10.0 Å². The Balaban J connectivity index is 1.99. The summed E-state index contributed by atoms with van der Waals surface area (Å²) in [5.74, 6) is -0.671. The van der Waals surface area contributed by atoms with E-state index in [1.165, 1.54) is 0 Å². The average Bonchev–Trinajstić information content (AvgIpc) is 2.46. The van der Waals surface area contributed by atoms with Crippen LogP contribution < -0.4 is 4.90 Å². The fourth-order valence-corrected chi connectivity index (χ4v) is 2.95. The highest BCUT2D eigenvalue weighted by atomic mass is 16.4. The third kappa shape index (κ3) is 2.31. The van der Waals surface area contributed by atoms with Gasteiger partial charge in [-0.3, -0.25) is 14.8 Å². The van der Waals surface area contributed by atoms with Gasteiger partial charge in [0.1, 0.15) is 5.52 Å². The van der Waals surface area contributed by atoms with Crippen molar-refractivity contribution in [3.8, 4) is 0 Å². The first-order valence-electron chi connectivity index (χ1n) is 6.82. The maximum absolute atomic E-state index is 11.3. The second-order valence-corrected chi connectivity index (χ2v) is 5.48. The van der Waals surface area contributed by atoms with E-state index in [-0.39, 0.29) is 5.92 Å². The first-order chi connectivity index (χ1) is 9.65. The van der Waals surface area contributed by atoms with E-state index in [1.54, 1.807) is 12.4 Å². The van der Waals surface area contributed by atoms with Gasteiger partial charge in [0.2, 0.25) is 0 Å². The molecular formula is C15H17N3O2. The molecule has 0 aromatic carbocycles. The summed E-state index contributed by atoms with van der Waals surface area (Å²) >= 11 is 0. The molecule has 2 aromatic rings. The summed E-state index contributed by atoms with van der Waals surface area (Å²) in [6.07, 6.45) is 4.24. The summed E-state index contributed by atoms with van der Waals surface area (Å²) in [6, 6.07) is 5.71. The monoisotopic (exact) mass is 271 g/mol. The largest absolute Gasteiger partial charge is 0.481 e. The number of nitrogens with zero attached hydrogens (tertiary/aromatic N) is 3. The standard InChI is InChI=1S/C15H17N3O2/c1-10-7-11(15(19)20)9-18(8-10)13-4-6-16-12-3-2-5-17-14(12)13/h2-6,10-11H,7-9H2,1H3,(H,19,20). The molecule has 1 aliphatic heterocycles. The highest BCUT2D eigenvalue weighted by Crippen LogP contribution is 2.30. The van der Waals surface area contributed by atoms with Crippen molar-refractivity contribution in [2.45, 2.75) is 13.3 Å². The number of hydrogen-bond acceptors (Lipinski definition) is 4. The number of aliphatic carboxylic acids is 1. The summed E-state index contributed by atoms with van der Waals surface area (Å²) < 4.78 is 0. The van der Waals surface area contributed by atoms with Crippen molar-refractivity contribution in [3.05, 3.63) is 30.6 Å². The first kappa shape index (κ1) is 12.8.